The molecule has 0 aliphatic heterocycles. The lowest BCUT2D eigenvalue weighted by Gasteiger charge is -2.27. The molecule has 0 saturated heterocycles. The monoisotopic (exact) mass is 298 g/mol. The third-order valence-electron chi connectivity index (χ3n) is 4.52. The first-order valence-corrected chi connectivity index (χ1v) is 7.78. The highest BCUT2D eigenvalue weighted by molar-refractivity contribution is 5.73. The molecule has 2 aliphatic rings. The van der Waals surface area contributed by atoms with Gasteiger partial charge >= 0.3 is 0 Å². The predicted octanol–water partition coefficient (Wildman–Crippen LogP) is 6.30. The van der Waals surface area contributed by atoms with Crippen molar-refractivity contribution >= 4 is 5.57 Å². The van der Waals surface area contributed by atoms with E-state index in [4.69, 9.17) is 0 Å². The van der Waals surface area contributed by atoms with E-state index < -0.39 is 11.7 Å². The lowest BCUT2D eigenvalue weighted by Crippen LogP contribution is -2.13. The van der Waals surface area contributed by atoms with Crippen molar-refractivity contribution in [2.75, 3.05) is 0 Å². The second-order valence-electron chi connectivity index (χ2n) is 6.20. The molecule has 0 amide bonds. The van der Waals surface area contributed by atoms with Crippen molar-refractivity contribution < 1.29 is 8.78 Å². The lowest BCUT2D eigenvalue weighted by atomic mass is 9.79. The van der Waals surface area contributed by atoms with E-state index in [1.54, 1.807) is 0 Å². The number of hydrogen-bond acceptors (Lipinski definition) is 0. The molecule has 3 rings (SSSR count). The van der Waals surface area contributed by atoms with E-state index in [0.717, 1.165) is 24.0 Å². The van der Waals surface area contributed by atoms with Gasteiger partial charge in [0.1, 0.15) is 0 Å². The molecule has 0 saturated carbocycles. The van der Waals surface area contributed by atoms with Crippen molar-refractivity contribution in [3.8, 4) is 0 Å². The predicted molar refractivity (Wildman–Crippen MR) is 87.5 cm³/mol. The summed E-state index contributed by atoms with van der Waals surface area (Å²) in [5.74, 6) is -1.36. The van der Waals surface area contributed by atoms with Crippen LogP contribution in [0.5, 0.6) is 0 Å². The molecule has 0 aromatic heterocycles. The summed E-state index contributed by atoms with van der Waals surface area (Å²) in [5.41, 5.74) is 4.04. The fourth-order valence-electron chi connectivity index (χ4n) is 3.27. The van der Waals surface area contributed by atoms with Crippen molar-refractivity contribution in [1.82, 2.24) is 0 Å². The maximum absolute atomic E-state index is 14.7. The minimum Gasteiger partial charge on any atom is -0.203 e. The van der Waals surface area contributed by atoms with Crippen LogP contribution in [0.3, 0.4) is 0 Å². The molecule has 22 heavy (non-hydrogen) atoms. The lowest BCUT2D eigenvalue weighted by molar-refractivity contribution is 0.501. The van der Waals surface area contributed by atoms with Gasteiger partial charge in [0.05, 0.1) is 0 Å². The highest BCUT2D eigenvalue weighted by Crippen LogP contribution is 2.44. The second-order valence-corrected chi connectivity index (χ2v) is 6.20. The van der Waals surface area contributed by atoms with Crippen LogP contribution >= 0.6 is 0 Å². The largest absolute Gasteiger partial charge is 0.203 e. The fraction of sp³-hybridized carbons (Fsp3) is 0.300. The van der Waals surface area contributed by atoms with Crippen LogP contribution in [-0.2, 0) is 0 Å². The van der Waals surface area contributed by atoms with Gasteiger partial charge in [0, 0.05) is 0 Å². The third kappa shape index (κ3) is 2.70. The molecule has 1 aromatic rings. The maximum Gasteiger partial charge on any atom is 0.162 e. The topological polar surface area (TPSA) is 0 Å². The van der Waals surface area contributed by atoms with Crippen molar-refractivity contribution in [1.29, 1.82) is 0 Å². The van der Waals surface area contributed by atoms with Crippen LogP contribution in [0.2, 0.25) is 0 Å². The molecular weight excluding hydrogens is 278 g/mol. The molecule has 0 fully saturated rings. The fourth-order valence-corrected chi connectivity index (χ4v) is 3.27. The van der Waals surface area contributed by atoms with Gasteiger partial charge < -0.3 is 0 Å². The van der Waals surface area contributed by atoms with Gasteiger partial charge in [-0.3, -0.25) is 0 Å². The van der Waals surface area contributed by atoms with Crippen LogP contribution < -0.4 is 0 Å². The molecule has 2 aliphatic carbocycles. The van der Waals surface area contributed by atoms with Gasteiger partial charge in [0.15, 0.2) is 11.7 Å². The van der Waals surface area contributed by atoms with E-state index in [1.807, 2.05) is 49.4 Å². The van der Waals surface area contributed by atoms with E-state index in [9.17, 15) is 8.78 Å². The maximum atomic E-state index is 14.7. The van der Waals surface area contributed by atoms with Crippen LogP contribution in [0.4, 0.5) is 8.78 Å². The number of benzene rings is 1. The van der Waals surface area contributed by atoms with Gasteiger partial charge in [0.25, 0.3) is 0 Å². The number of rotatable bonds is 2. The molecule has 0 heterocycles. The summed E-state index contributed by atoms with van der Waals surface area (Å²) < 4.78 is 29.3. The molecule has 1 atom stereocenters. The van der Waals surface area contributed by atoms with E-state index in [-0.39, 0.29) is 5.92 Å². The SMILES string of the molecule is CC1=CC=C(C2=C(F)C(F)=C(c3ccccc3)C[C@H]2C)CC1. The van der Waals surface area contributed by atoms with Crippen molar-refractivity contribution in [3.05, 3.63) is 76.4 Å². The number of halogens is 2. The Morgan fingerprint density at radius 3 is 2.32 bits per heavy atom. The summed E-state index contributed by atoms with van der Waals surface area (Å²) in [6.45, 7) is 4.05. The molecule has 0 spiro atoms. The molecule has 0 unspecified atom stereocenters. The highest BCUT2D eigenvalue weighted by atomic mass is 19.2. The zero-order chi connectivity index (χ0) is 15.7. The summed E-state index contributed by atoms with van der Waals surface area (Å²) in [6.07, 6.45) is 6.22. The van der Waals surface area contributed by atoms with Gasteiger partial charge in [-0.05, 0) is 54.4 Å². The molecule has 0 radical (unpaired) electrons. The minimum atomic E-state index is -0.688. The van der Waals surface area contributed by atoms with Crippen LogP contribution in [-0.4, -0.2) is 0 Å². The summed E-state index contributed by atoms with van der Waals surface area (Å²) >= 11 is 0. The Bertz CT molecular complexity index is 702. The molecule has 0 bridgehead atoms. The van der Waals surface area contributed by atoms with Crippen molar-refractivity contribution in [2.24, 2.45) is 5.92 Å². The van der Waals surface area contributed by atoms with Crippen molar-refractivity contribution in [2.45, 2.75) is 33.1 Å². The van der Waals surface area contributed by atoms with Crippen LogP contribution in [0.25, 0.3) is 5.57 Å². The quantitative estimate of drug-likeness (QED) is 0.601. The Morgan fingerprint density at radius 2 is 1.68 bits per heavy atom. The van der Waals surface area contributed by atoms with E-state index in [0.29, 0.717) is 17.6 Å². The number of allylic oxidation sites excluding steroid dienone is 8. The molecular formula is C20H20F2. The minimum absolute atomic E-state index is 0.00670. The first-order valence-electron chi connectivity index (χ1n) is 7.78. The molecule has 0 nitrogen and oxygen atoms in total. The molecule has 0 N–H and O–H groups in total. The summed E-state index contributed by atoms with van der Waals surface area (Å²) in [6, 6.07) is 9.27. The van der Waals surface area contributed by atoms with Gasteiger partial charge in [-0.15, -0.1) is 0 Å². The molecule has 114 valence electrons. The van der Waals surface area contributed by atoms with E-state index in [2.05, 4.69) is 6.92 Å². The van der Waals surface area contributed by atoms with Crippen LogP contribution in [0.1, 0.15) is 38.7 Å². The zero-order valence-electron chi connectivity index (χ0n) is 13.0. The average molecular weight is 298 g/mol. The van der Waals surface area contributed by atoms with Crippen LogP contribution in [0, 0.1) is 5.92 Å². The van der Waals surface area contributed by atoms with Gasteiger partial charge in [-0.25, -0.2) is 8.78 Å². The first-order chi connectivity index (χ1) is 10.6. The summed E-state index contributed by atoms with van der Waals surface area (Å²) in [7, 11) is 0. The second kappa shape index (κ2) is 6.04. The normalized spacial score (nSPS) is 22.6. The summed E-state index contributed by atoms with van der Waals surface area (Å²) in [4.78, 5) is 0. The Kier molecular flexibility index (Phi) is 4.10. The van der Waals surface area contributed by atoms with E-state index in [1.165, 1.54) is 5.57 Å². The van der Waals surface area contributed by atoms with Gasteiger partial charge in [-0.1, -0.05) is 55.0 Å². The van der Waals surface area contributed by atoms with E-state index >= 15 is 0 Å². The third-order valence-corrected chi connectivity index (χ3v) is 4.52. The van der Waals surface area contributed by atoms with Crippen LogP contribution in [0.15, 0.2) is 70.9 Å². The van der Waals surface area contributed by atoms with Crippen molar-refractivity contribution in [3.63, 3.8) is 0 Å². The smallest absolute Gasteiger partial charge is 0.162 e. The Labute approximate surface area is 130 Å². The van der Waals surface area contributed by atoms with Gasteiger partial charge in [-0.2, -0.15) is 0 Å². The molecule has 2 heteroatoms. The average Bonchev–Trinajstić information content (AvgIpc) is 2.53. The first kappa shape index (κ1) is 15.0. The zero-order valence-corrected chi connectivity index (χ0v) is 13.0. The molecule has 1 aromatic carbocycles. The number of hydrogen-bond donors (Lipinski definition) is 0. The highest BCUT2D eigenvalue weighted by Gasteiger charge is 2.30. The van der Waals surface area contributed by atoms with Gasteiger partial charge in [0.2, 0.25) is 0 Å². The Morgan fingerprint density at radius 1 is 0.955 bits per heavy atom. The standard InChI is InChI=1S/C20H20F2/c1-13-8-10-16(11-9-13)18-14(2)12-17(19(21)20(18)22)15-6-4-3-5-7-15/h3-8,10,14H,9,11-12H2,1-2H3/t14-/m1/s1. The summed E-state index contributed by atoms with van der Waals surface area (Å²) in [5, 5.41) is 0. The Hall–Kier alpha value is -1.96. The Balaban J connectivity index is 2.06.